The molecule has 2 aromatic rings. The van der Waals surface area contributed by atoms with Gasteiger partial charge in [-0.15, -0.1) is 5.10 Å². The van der Waals surface area contributed by atoms with Crippen molar-refractivity contribution in [3.63, 3.8) is 0 Å². The first-order valence-corrected chi connectivity index (χ1v) is 5.16. The molecule has 1 aromatic heterocycles. The van der Waals surface area contributed by atoms with Crippen LogP contribution in [0.5, 0.6) is 0 Å². The van der Waals surface area contributed by atoms with E-state index < -0.39 is 11.7 Å². The number of halogens is 2. The molecular formula is C10H6ClFN5O-. The minimum atomic E-state index is -0.643. The molecule has 92 valence electrons. The molecule has 0 amide bonds. The lowest BCUT2D eigenvalue weighted by molar-refractivity contribution is -0.211. The van der Waals surface area contributed by atoms with E-state index in [0.717, 1.165) is 6.08 Å². The SMILES string of the molecule is [O-]C(C=Cc1c(F)cccc1Cl)=Nc1nn[nH]n1. The van der Waals surface area contributed by atoms with Crippen LogP contribution >= 0.6 is 11.6 Å². The lowest BCUT2D eigenvalue weighted by atomic mass is 10.2. The Labute approximate surface area is 106 Å². The fraction of sp³-hybridized carbons (Fsp3) is 0. The molecular weight excluding hydrogens is 261 g/mol. The van der Waals surface area contributed by atoms with Gasteiger partial charge in [0.25, 0.3) is 5.95 Å². The first-order valence-electron chi connectivity index (χ1n) is 4.78. The van der Waals surface area contributed by atoms with Gasteiger partial charge < -0.3 is 5.11 Å². The highest BCUT2D eigenvalue weighted by molar-refractivity contribution is 6.32. The number of hydrogen-bond donors (Lipinski definition) is 1. The van der Waals surface area contributed by atoms with E-state index in [1.165, 1.54) is 24.3 Å². The van der Waals surface area contributed by atoms with E-state index in [1.54, 1.807) is 0 Å². The van der Waals surface area contributed by atoms with Crippen LogP contribution in [0.1, 0.15) is 5.56 Å². The number of H-pyrrole nitrogens is 1. The Morgan fingerprint density at radius 2 is 2.33 bits per heavy atom. The average molecular weight is 267 g/mol. The summed E-state index contributed by atoms with van der Waals surface area (Å²) < 4.78 is 13.4. The Balaban J connectivity index is 2.21. The number of aromatic nitrogens is 4. The van der Waals surface area contributed by atoms with Gasteiger partial charge in [0, 0.05) is 5.56 Å². The number of aromatic amines is 1. The maximum atomic E-state index is 13.4. The molecule has 0 bridgehead atoms. The van der Waals surface area contributed by atoms with Gasteiger partial charge in [0.2, 0.25) is 0 Å². The molecule has 0 radical (unpaired) electrons. The Bertz CT molecular complexity index is 576. The Kier molecular flexibility index (Phi) is 3.63. The van der Waals surface area contributed by atoms with E-state index in [0.29, 0.717) is 0 Å². The summed E-state index contributed by atoms with van der Waals surface area (Å²) in [5.74, 6) is -1.26. The Morgan fingerprint density at radius 3 is 3.00 bits per heavy atom. The van der Waals surface area contributed by atoms with Crippen molar-refractivity contribution in [2.45, 2.75) is 0 Å². The molecule has 2 rings (SSSR count). The predicted octanol–water partition coefficient (Wildman–Crippen LogP) is 1.10. The molecule has 8 heteroatoms. The van der Waals surface area contributed by atoms with Gasteiger partial charge in [-0.05, 0) is 29.3 Å². The van der Waals surface area contributed by atoms with Crippen LogP contribution in [-0.2, 0) is 0 Å². The quantitative estimate of drug-likeness (QED) is 0.665. The molecule has 0 saturated heterocycles. The van der Waals surface area contributed by atoms with Gasteiger partial charge in [-0.3, -0.25) is 0 Å². The second-order valence-electron chi connectivity index (χ2n) is 3.13. The number of hydrogen-bond acceptors (Lipinski definition) is 5. The number of aliphatic imine (C=N–C) groups is 1. The van der Waals surface area contributed by atoms with Crippen molar-refractivity contribution in [2.24, 2.45) is 4.99 Å². The monoisotopic (exact) mass is 266 g/mol. The summed E-state index contributed by atoms with van der Waals surface area (Å²) in [4.78, 5) is 3.49. The molecule has 18 heavy (non-hydrogen) atoms. The third-order valence-corrected chi connectivity index (χ3v) is 2.27. The van der Waals surface area contributed by atoms with E-state index in [-0.39, 0.29) is 16.5 Å². The maximum Gasteiger partial charge on any atom is 0.288 e. The highest BCUT2D eigenvalue weighted by Gasteiger charge is 2.02. The molecule has 0 aliphatic carbocycles. The molecule has 1 N–H and O–H groups in total. The van der Waals surface area contributed by atoms with Crippen molar-refractivity contribution in [3.05, 3.63) is 40.7 Å². The number of tetrazole rings is 1. The van der Waals surface area contributed by atoms with E-state index >= 15 is 0 Å². The lowest BCUT2D eigenvalue weighted by Gasteiger charge is -2.03. The fourth-order valence-corrected chi connectivity index (χ4v) is 1.39. The lowest BCUT2D eigenvalue weighted by Crippen LogP contribution is -2.13. The smallest absolute Gasteiger partial charge is 0.288 e. The van der Waals surface area contributed by atoms with Gasteiger partial charge in [-0.2, -0.15) is 5.21 Å². The van der Waals surface area contributed by atoms with E-state index in [1.807, 2.05) is 0 Å². The van der Waals surface area contributed by atoms with Gasteiger partial charge in [0.1, 0.15) is 5.82 Å². The summed E-state index contributed by atoms with van der Waals surface area (Å²) in [6.45, 7) is 0. The van der Waals surface area contributed by atoms with E-state index in [4.69, 9.17) is 11.6 Å². The van der Waals surface area contributed by atoms with Crippen molar-refractivity contribution in [1.82, 2.24) is 20.6 Å². The largest absolute Gasteiger partial charge is 0.859 e. The van der Waals surface area contributed by atoms with E-state index in [9.17, 15) is 9.50 Å². The van der Waals surface area contributed by atoms with Gasteiger partial charge in [-0.1, -0.05) is 28.8 Å². The van der Waals surface area contributed by atoms with Crippen LogP contribution in [0.4, 0.5) is 10.3 Å². The fourth-order valence-electron chi connectivity index (χ4n) is 1.16. The molecule has 1 heterocycles. The van der Waals surface area contributed by atoms with Crippen LogP contribution in [-0.4, -0.2) is 26.5 Å². The second-order valence-corrected chi connectivity index (χ2v) is 3.54. The molecule has 1 aromatic carbocycles. The predicted molar refractivity (Wildman–Crippen MR) is 61.7 cm³/mol. The first kappa shape index (κ1) is 12.2. The molecule has 0 saturated carbocycles. The maximum absolute atomic E-state index is 13.4. The number of benzene rings is 1. The summed E-state index contributed by atoms with van der Waals surface area (Å²) in [5.41, 5.74) is 0.121. The summed E-state index contributed by atoms with van der Waals surface area (Å²) in [7, 11) is 0. The summed E-state index contributed by atoms with van der Waals surface area (Å²) in [6.07, 6.45) is 2.31. The summed E-state index contributed by atoms with van der Waals surface area (Å²) in [5, 5.41) is 23.9. The standard InChI is InChI=1S/C10H7ClFN5O/c11-7-2-1-3-8(12)6(7)4-5-9(18)13-10-14-16-17-15-10/h1-5H,(H2,13,14,15,16,17,18)/p-1. The van der Waals surface area contributed by atoms with Crippen LogP contribution in [0.15, 0.2) is 29.3 Å². The van der Waals surface area contributed by atoms with Crippen molar-refractivity contribution < 1.29 is 9.50 Å². The third kappa shape index (κ3) is 2.89. The third-order valence-electron chi connectivity index (χ3n) is 1.94. The summed E-state index contributed by atoms with van der Waals surface area (Å²) in [6, 6.07) is 4.23. The van der Waals surface area contributed by atoms with Crippen molar-refractivity contribution in [3.8, 4) is 0 Å². The van der Waals surface area contributed by atoms with Gasteiger partial charge >= 0.3 is 0 Å². The van der Waals surface area contributed by atoms with Gasteiger partial charge in [0.05, 0.1) is 5.02 Å². The number of rotatable bonds is 3. The Morgan fingerprint density at radius 1 is 1.50 bits per heavy atom. The minimum Gasteiger partial charge on any atom is -0.859 e. The first-order chi connectivity index (χ1) is 8.66. The number of nitrogens with zero attached hydrogens (tertiary/aromatic N) is 4. The zero-order valence-corrected chi connectivity index (χ0v) is 9.60. The van der Waals surface area contributed by atoms with Crippen LogP contribution in [0, 0.1) is 5.82 Å². The summed E-state index contributed by atoms with van der Waals surface area (Å²) >= 11 is 5.78. The van der Waals surface area contributed by atoms with Crippen molar-refractivity contribution in [1.29, 1.82) is 0 Å². The molecule has 0 spiro atoms. The normalized spacial score (nSPS) is 12.2. The zero-order valence-electron chi connectivity index (χ0n) is 8.84. The van der Waals surface area contributed by atoms with Crippen molar-refractivity contribution in [2.75, 3.05) is 0 Å². The van der Waals surface area contributed by atoms with Crippen LogP contribution in [0.25, 0.3) is 6.08 Å². The second kappa shape index (κ2) is 5.37. The van der Waals surface area contributed by atoms with Gasteiger partial charge in [-0.25, -0.2) is 9.38 Å². The van der Waals surface area contributed by atoms with Crippen LogP contribution in [0.3, 0.4) is 0 Å². The zero-order chi connectivity index (χ0) is 13.0. The molecule has 0 atom stereocenters. The highest BCUT2D eigenvalue weighted by Crippen LogP contribution is 2.20. The Hall–Kier alpha value is -2.28. The average Bonchev–Trinajstić information content (AvgIpc) is 2.81. The van der Waals surface area contributed by atoms with Gasteiger partial charge in [0.15, 0.2) is 0 Å². The van der Waals surface area contributed by atoms with Crippen molar-refractivity contribution >= 4 is 29.5 Å². The van der Waals surface area contributed by atoms with Crippen LogP contribution < -0.4 is 5.11 Å². The van der Waals surface area contributed by atoms with E-state index in [2.05, 4.69) is 25.6 Å². The molecule has 0 aliphatic rings. The molecule has 0 aliphatic heterocycles. The number of nitrogens with one attached hydrogen (secondary N) is 1. The van der Waals surface area contributed by atoms with Crippen LogP contribution in [0.2, 0.25) is 5.02 Å². The topological polar surface area (TPSA) is 89.9 Å². The highest BCUT2D eigenvalue weighted by atomic mass is 35.5. The minimum absolute atomic E-state index is 0.0933. The molecule has 0 fully saturated rings. The molecule has 0 unspecified atom stereocenters. The molecule has 6 nitrogen and oxygen atoms in total.